The van der Waals surface area contributed by atoms with Crippen LogP contribution in [0.2, 0.25) is 0 Å². The maximum Gasteiger partial charge on any atom is 0.227 e. The fourth-order valence-electron chi connectivity index (χ4n) is 6.42. The van der Waals surface area contributed by atoms with E-state index >= 15 is 0 Å². The summed E-state index contributed by atoms with van der Waals surface area (Å²) in [5, 5.41) is 3.41. The smallest absolute Gasteiger partial charge is 0.227 e. The normalized spacial score (nSPS) is 31.6. The van der Waals surface area contributed by atoms with Crippen LogP contribution in [0.15, 0.2) is 36.7 Å². The number of nitrogens with one attached hydrogen (secondary N) is 1. The lowest BCUT2D eigenvalue weighted by Gasteiger charge is -2.55. The highest BCUT2D eigenvalue weighted by atomic mass is 16.5. The molecule has 4 aliphatic rings. The molecular weight excluding hydrogens is 350 g/mol. The van der Waals surface area contributed by atoms with Crippen LogP contribution in [0.5, 0.6) is 5.75 Å². The summed E-state index contributed by atoms with van der Waals surface area (Å²) in [5.41, 5.74) is 0.873. The molecule has 28 heavy (non-hydrogen) atoms. The summed E-state index contributed by atoms with van der Waals surface area (Å²) in [4.78, 5) is 18.2. The number of rotatable bonds is 5. The molecule has 4 saturated carbocycles. The number of hydrogen-bond donors (Lipinski definition) is 1. The van der Waals surface area contributed by atoms with Crippen molar-refractivity contribution in [1.82, 2.24) is 14.9 Å². The van der Waals surface area contributed by atoms with Crippen molar-refractivity contribution in [3.63, 3.8) is 0 Å². The van der Waals surface area contributed by atoms with Gasteiger partial charge in [-0.05, 0) is 74.0 Å². The third kappa shape index (κ3) is 2.92. The number of carbonyl (C=O) groups excluding carboxylic acids is 1. The number of nitrogens with zero attached hydrogens (tertiary/aromatic N) is 2. The quantitative estimate of drug-likeness (QED) is 0.858. The van der Waals surface area contributed by atoms with Gasteiger partial charge in [-0.15, -0.1) is 0 Å². The number of aryl methyl sites for hydroxylation is 1. The van der Waals surface area contributed by atoms with Crippen molar-refractivity contribution in [2.24, 2.45) is 30.2 Å². The zero-order chi connectivity index (χ0) is 19.3. The Morgan fingerprint density at radius 1 is 1.14 bits per heavy atom. The lowest BCUT2D eigenvalue weighted by Crippen LogP contribution is -2.54. The molecule has 1 atom stereocenters. The molecule has 0 unspecified atom stereocenters. The van der Waals surface area contributed by atoms with Crippen molar-refractivity contribution in [3.05, 3.63) is 48.0 Å². The predicted molar refractivity (Wildman–Crippen MR) is 107 cm³/mol. The van der Waals surface area contributed by atoms with Crippen LogP contribution in [0.4, 0.5) is 0 Å². The van der Waals surface area contributed by atoms with Crippen LogP contribution in [-0.2, 0) is 11.8 Å². The zero-order valence-electron chi connectivity index (χ0n) is 16.7. The van der Waals surface area contributed by atoms with Gasteiger partial charge in [-0.1, -0.05) is 12.1 Å². The van der Waals surface area contributed by atoms with Gasteiger partial charge in [0.25, 0.3) is 0 Å². The summed E-state index contributed by atoms with van der Waals surface area (Å²) in [5.74, 6) is 4.17. The highest BCUT2D eigenvalue weighted by Crippen LogP contribution is 2.60. The Morgan fingerprint density at radius 3 is 2.25 bits per heavy atom. The molecule has 2 aromatic rings. The van der Waals surface area contributed by atoms with E-state index in [1.807, 2.05) is 42.1 Å². The average Bonchev–Trinajstić information content (AvgIpc) is 3.10. The molecule has 6 rings (SSSR count). The summed E-state index contributed by atoms with van der Waals surface area (Å²) < 4.78 is 7.30. The van der Waals surface area contributed by atoms with E-state index in [4.69, 9.17) is 4.74 Å². The van der Waals surface area contributed by atoms with Crippen molar-refractivity contribution < 1.29 is 9.53 Å². The lowest BCUT2D eigenvalue weighted by atomic mass is 9.49. The lowest BCUT2D eigenvalue weighted by molar-refractivity contribution is -0.146. The van der Waals surface area contributed by atoms with Crippen molar-refractivity contribution in [2.45, 2.75) is 44.6 Å². The van der Waals surface area contributed by atoms with Crippen molar-refractivity contribution in [2.75, 3.05) is 7.11 Å². The number of amides is 1. The summed E-state index contributed by atoms with van der Waals surface area (Å²) in [6.45, 7) is 0. The van der Waals surface area contributed by atoms with Crippen LogP contribution < -0.4 is 10.1 Å². The Balaban J connectivity index is 1.45. The molecule has 1 amide bonds. The van der Waals surface area contributed by atoms with E-state index in [1.54, 1.807) is 13.3 Å². The number of ether oxygens (including phenoxy) is 1. The first-order valence-corrected chi connectivity index (χ1v) is 10.5. The molecular formula is C23H29N3O2. The van der Waals surface area contributed by atoms with Gasteiger partial charge in [0.15, 0.2) is 0 Å². The maximum absolute atomic E-state index is 13.6. The van der Waals surface area contributed by atoms with Gasteiger partial charge in [0.1, 0.15) is 17.6 Å². The van der Waals surface area contributed by atoms with Crippen LogP contribution >= 0.6 is 0 Å². The maximum atomic E-state index is 13.6. The summed E-state index contributed by atoms with van der Waals surface area (Å²) in [7, 11) is 3.65. The SMILES string of the molecule is COc1ccc([C@H](NC(=O)C23CC4CC(CC(C4)C2)C3)c2nccn2C)cc1. The summed E-state index contributed by atoms with van der Waals surface area (Å²) in [6, 6.07) is 7.70. The van der Waals surface area contributed by atoms with E-state index in [0.29, 0.717) is 0 Å². The molecule has 0 radical (unpaired) electrons. The van der Waals surface area contributed by atoms with Gasteiger partial charge in [-0.2, -0.15) is 0 Å². The Morgan fingerprint density at radius 2 is 1.75 bits per heavy atom. The van der Waals surface area contributed by atoms with Gasteiger partial charge in [0.05, 0.1) is 7.11 Å². The number of imidazole rings is 1. The number of benzene rings is 1. The molecule has 0 aliphatic heterocycles. The van der Waals surface area contributed by atoms with E-state index in [9.17, 15) is 4.79 Å². The van der Waals surface area contributed by atoms with E-state index < -0.39 is 0 Å². The Bertz CT molecular complexity index is 835. The van der Waals surface area contributed by atoms with Gasteiger partial charge in [0, 0.05) is 24.9 Å². The molecule has 4 aliphatic carbocycles. The van der Waals surface area contributed by atoms with Crippen LogP contribution in [0.1, 0.15) is 56.0 Å². The molecule has 0 saturated heterocycles. The second-order valence-corrected chi connectivity index (χ2v) is 9.27. The topological polar surface area (TPSA) is 56.1 Å². The van der Waals surface area contributed by atoms with Crippen LogP contribution in [-0.4, -0.2) is 22.6 Å². The predicted octanol–water partition coefficient (Wildman–Crippen LogP) is 3.85. The fourth-order valence-corrected chi connectivity index (χ4v) is 6.42. The van der Waals surface area contributed by atoms with Gasteiger partial charge in [0.2, 0.25) is 5.91 Å². The van der Waals surface area contributed by atoms with E-state index in [-0.39, 0.29) is 17.4 Å². The van der Waals surface area contributed by atoms with Crippen LogP contribution in [0, 0.1) is 23.2 Å². The first-order valence-electron chi connectivity index (χ1n) is 10.5. The second kappa shape index (κ2) is 6.64. The summed E-state index contributed by atoms with van der Waals surface area (Å²) in [6.07, 6.45) is 11.0. The molecule has 5 heteroatoms. The van der Waals surface area contributed by atoms with E-state index in [0.717, 1.165) is 54.2 Å². The van der Waals surface area contributed by atoms with Gasteiger partial charge in [-0.25, -0.2) is 4.98 Å². The number of methoxy groups -OCH3 is 1. The largest absolute Gasteiger partial charge is 0.497 e. The Hall–Kier alpha value is -2.30. The molecule has 148 valence electrons. The minimum absolute atomic E-state index is 0.162. The zero-order valence-corrected chi connectivity index (χ0v) is 16.7. The minimum atomic E-state index is -0.244. The average molecular weight is 380 g/mol. The minimum Gasteiger partial charge on any atom is -0.497 e. The van der Waals surface area contributed by atoms with Crippen LogP contribution in [0.25, 0.3) is 0 Å². The van der Waals surface area contributed by atoms with E-state index in [2.05, 4.69) is 10.3 Å². The van der Waals surface area contributed by atoms with Crippen molar-refractivity contribution in [1.29, 1.82) is 0 Å². The molecule has 0 spiro atoms. The Kier molecular flexibility index (Phi) is 4.22. The van der Waals surface area contributed by atoms with Crippen molar-refractivity contribution >= 4 is 5.91 Å². The summed E-state index contributed by atoms with van der Waals surface area (Å²) >= 11 is 0. The monoisotopic (exact) mass is 379 g/mol. The highest BCUT2D eigenvalue weighted by Gasteiger charge is 2.54. The molecule has 4 fully saturated rings. The molecule has 1 aromatic heterocycles. The fraction of sp³-hybridized carbons (Fsp3) is 0.565. The van der Waals surface area contributed by atoms with Gasteiger partial charge >= 0.3 is 0 Å². The number of hydrogen-bond acceptors (Lipinski definition) is 3. The molecule has 4 bridgehead atoms. The molecule has 5 nitrogen and oxygen atoms in total. The molecule has 1 N–H and O–H groups in total. The standard InChI is InChI=1S/C23H29N3O2/c1-26-8-7-24-21(26)20(18-3-5-19(28-2)6-4-18)25-22(27)23-12-15-9-16(13-23)11-17(10-15)14-23/h3-8,15-17,20H,9-14H2,1-2H3,(H,25,27)/t15?,16?,17?,20-,23?/m0/s1. The third-order valence-corrected chi connectivity index (χ3v) is 7.36. The van der Waals surface area contributed by atoms with Crippen molar-refractivity contribution in [3.8, 4) is 5.75 Å². The number of aromatic nitrogens is 2. The van der Waals surface area contributed by atoms with Gasteiger partial charge in [-0.3, -0.25) is 4.79 Å². The molecule has 1 aromatic carbocycles. The van der Waals surface area contributed by atoms with E-state index in [1.165, 1.54) is 19.3 Å². The first kappa shape index (κ1) is 17.8. The Labute approximate surface area is 166 Å². The second-order valence-electron chi connectivity index (χ2n) is 9.27. The van der Waals surface area contributed by atoms with Crippen LogP contribution in [0.3, 0.4) is 0 Å². The van der Waals surface area contributed by atoms with Gasteiger partial charge < -0.3 is 14.6 Å². The highest BCUT2D eigenvalue weighted by molar-refractivity contribution is 5.84. The molecule has 1 heterocycles. The number of carbonyl (C=O) groups is 1. The third-order valence-electron chi connectivity index (χ3n) is 7.36. The first-order chi connectivity index (χ1) is 13.6.